The summed E-state index contributed by atoms with van der Waals surface area (Å²) in [5.74, 6) is -0.124. The summed E-state index contributed by atoms with van der Waals surface area (Å²) in [6.07, 6.45) is 2.49. The summed E-state index contributed by atoms with van der Waals surface area (Å²) in [5, 5.41) is 5.62. The van der Waals surface area contributed by atoms with Crippen molar-refractivity contribution in [1.82, 2.24) is 10.2 Å². The monoisotopic (exact) mass is 409 g/mol. The van der Waals surface area contributed by atoms with Gasteiger partial charge in [-0.1, -0.05) is 19.1 Å². The molecular weight excluding hydrogens is 382 g/mol. The van der Waals surface area contributed by atoms with E-state index in [2.05, 4.69) is 10.6 Å². The standard InChI is InChI=1S/C23H27N3O4/c1-3-19(23(29)26-14-6-7-15-26)24-22(28)18-8-4-5-9-20(18)25-21(27)16-10-12-17(30-2)13-11-16/h4-5,8-13,19H,3,6-7,14-15H2,1-2H3,(H,24,28)(H,25,27)/t19-/m1/s1. The predicted molar refractivity (Wildman–Crippen MR) is 115 cm³/mol. The molecule has 0 radical (unpaired) electrons. The van der Waals surface area contributed by atoms with E-state index in [0.717, 1.165) is 25.9 Å². The number of para-hydroxylation sites is 1. The van der Waals surface area contributed by atoms with Crippen LogP contribution in [0.2, 0.25) is 0 Å². The van der Waals surface area contributed by atoms with Crippen molar-refractivity contribution >= 4 is 23.4 Å². The number of hydrogen-bond donors (Lipinski definition) is 2. The maximum absolute atomic E-state index is 12.9. The number of nitrogens with zero attached hydrogens (tertiary/aromatic N) is 1. The fraction of sp³-hybridized carbons (Fsp3) is 0.348. The number of amides is 3. The number of carbonyl (C=O) groups is 3. The third-order valence-corrected chi connectivity index (χ3v) is 5.20. The molecule has 0 spiro atoms. The lowest BCUT2D eigenvalue weighted by molar-refractivity contribution is -0.132. The van der Waals surface area contributed by atoms with Gasteiger partial charge in [0.05, 0.1) is 18.4 Å². The molecule has 2 N–H and O–H groups in total. The Bertz CT molecular complexity index is 905. The Morgan fingerprint density at radius 3 is 2.30 bits per heavy atom. The lowest BCUT2D eigenvalue weighted by Crippen LogP contribution is -2.47. The van der Waals surface area contributed by atoms with E-state index in [0.29, 0.717) is 29.0 Å². The van der Waals surface area contributed by atoms with Crippen molar-refractivity contribution in [2.75, 3.05) is 25.5 Å². The molecule has 0 aliphatic carbocycles. The number of benzene rings is 2. The smallest absolute Gasteiger partial charge is 0.255 e. The Morgan fingerprint density at radius 1 is 1.00 bits per heavy atom. The summed E-state index contributed by atoms with van der Waals surface area (Å²) >= 11 is 0. The maximum atomic E-state index is 12.9. The summed E-state index contributed by atoms with van der Waals surface area (Å²) in [4.78, 5) is 40.0. The first-order chi connectivity index (χ1) is 14.5. The van der Waals surface area contributed by atoms with Crippen LogP contribution in [0.3, 0.4) is 0 Å². The molecule has 1 aliphatic rings. The minimum Gasteiger partial charge on any atom is -0.497 e. The fourth-order valence-electron chi connectivity index (χ4n) is 3.46. The highest BCUT2D eigenvalue weighted by molar-refractivity contribution is 6.09. The van der Waals surface area contributed by atoms with Gasteiger partial charge in [0.25, 0.3) is 11.8 Å². The van der Waals surface area contributed by atoms with Gasteiger partial charge < -0.3 is 20.3 Å². The Balaban J connectivity index is 1.72. The van der Waals surface area contributed by atoms with Crippen LogP contribution in [-0.2, 0) is 4.79 Å². The quantitative estimate of drug-likeness (QED) is 0.736. The normalized spacial score (nSPS) is 14.1. The minimum atomic E-state index is -0.582. The topological polar surface area (TPSA) is 87.7 Å². The largest absolute Gasteiger partial charge is 0.497 e. The van der Waals surface area contributed by atoms with E-state index in [1.807, 2.05) is 6.92 Å². The van der Waals surface area contributed by atoms with E-state index in [4.69, 9.17) is 4.74 Å². The molecule has 2 aromatic rings. The number of methoxy groups -OCH3 is 1. The summed E-state index contributed by atoms with van der Waals surface area (Å²) in [7, 11) is 1.56. The van der Waals surface area contributed by atoms with Crippen LogP contribution in [0.1, 0.15) is 46.9 Å². The number of carbonyl (C=O) groups excluding carboxylic acids is 3. The van der Waals surface area contributed by atoms with Gasteiger partial charge in [-0.3, -0.25) is 14.4 Å². The first-order valence-corrected chi connectivity index (χ1v) is 10.2. The van der Waals surface area contributed by atoms with E-state index in [1.165, 1.54) is 0 Å². The van der Waals surface area contributed by atoms with Crippen LogP contribution in [0, 0.1) is 0 Å². The van der Waals surface area contributed by atoms with Gasteiger partial charge in [0, 0.05) is 18.7 Å². The molecule has 1 aliphatic heterocycles. The molecule has 7 heteroatoms. The van der Waals surface area contributed by atoms with Gasteiger partial charge in [-0.15, -0.1) is 0 Å². The van der Waals surface area contributed by atoms with Gasteiger partial charge in [-0.2, -0.15) is 0 Å². The zero-order chi connectivity index (χ0) is 21.5. The predicted octanol–water partition coefficient (Wildman–Crippen LogP) is 3.08. The SMILES string of the molecule is CC[C@@H](NC(=O)c1ccccc1NC(=O)c1ccc(OC)cc1)C(=O)N1CCCC1. The number of likely N-dealkylation sites (tertiary alicyclic amines) is 1. The molecule has 2 aromatic carbocycles. The van der Waals surface area contributed by atoms with Crippen LogP contribution in [0.15, 0.2) is 48.5 Å². The van der Waals surface area contributed by atoms with Gasteiger partial charge in [-0.05, 0) is 55.7 Å². The lowest BCUT2D eigenvalue weighted by Gasteiger charge is -2.23. The van der Waals surface area contributed by atoms with Gasteiger partial charge >= 0.3 is 0 Å². The van der Waals surface area contributed by atoms with Crippen molar-refractivity contribution in [1.29, 1.82) is 0 Å². The second-order valence-corrected chi connectivity index (χ2v) is 7.19. The molecule has 1 atom stereocenters. The molecule has 1 saturated heterocycles. The average Bonchev–Trinajstić information content (AvgIpc) is 3.32. The number of ether oxygens (including phenoxy) is 1. The van der Waals surface area contributed by atoms with Crippen molar-refractivity contribution in [2.24, 2.45) is 0 Å². The maximum Gasteiger partial charge on any atom is 0.255 e. The molecule has 7 nitrogen and oxygen atoms in total. The molecule has 3 rings (SSSR count). The van der Waals surface area contributed by atoms with Crippen LogP contribution in [0.4, 0.5) is 5.69 Å². The number of nitrogens with one attached hydrogen (secondary N) is 2. The first-order valence-electron chi connectivity index (χ1n) is 10.2. The molecule has 1 fully saturated rings. The lowest BCUT2D eigenvalue weighted by atomic mass is 10.1. The zero-order valence-electron chi connectivity index (χ0n) is 17.3. The van der Waals surface area contributed by atoms with Crippen molar-refractivity contribution in [3.8, 4) is 5.75 Å². The summed E-state index contributed by atoms with van der Waals surface area (Å²) in [5.41, 5.74) is 1.15. The van der Waals surface area contributed by atoms with Crippen LogP contribution in [0.5, 0.6) is 5.75 Å². The third-order valence-electron chi connectivity index (χ3n) is 5.20. The average molecular weight is 409 g/mol. The van der Waals surface area contributed by atoms with Gasteiger partial charge in [0.1, 0.15) is 11.8 Å². The van der Waals surface area contributed by atoms with E-state index < -0.39 is 6.04 Å². The van der Waals surface area contributed by atoms with Crippen molar-refractivity contribution < 1.29 is 19.1 Å². The summed E-state index contributed by atoms with van der Waals surface area (Å²) < 4.78 is 5.11. The zero-order valence-corrected chi connectivity index (χ0v) is 17.3. The van der Waals surface area contributed by atoms with Gasteiger partial charge in [0.2, 0.25) is 5.91 Å². The molecule has 3 amide bonds. The molecule has 158 valence electrons. The number of anilines is 1. The Morgan fingerprint density at radius 2 is 1.67 bits per heavy atom. The van der Waals surface area contributed by atoms with E-state index in [1.54, 1.807) is 60.5 Å². The fourth-order valence-corrected chi connectivity index (χ4v) is 3.46. The highest BCUT2D eigenvalue weighted by atomic mass is 16.5. The molecule has 1 heterocycles. The molecule has 0 saturated carbocycles. The minimum absolute atomic E-state index is 0.0527. The van der Waals surface area contributed by atoms with Crippen LogP contribution in [0.25, 0.3) is 0 Å². The third kappa shape index (κ3) is 4.97. The van der Waals surface area contributed by atoms with Gasteiger partial charge in [0.15, 0.2) is 0 Å². The highest BCUT2D eigenvalue weighted by Gasteiger charge is 2.27. The molecule has 0 bridgehead atoms. The second kappa shape index (κ2) is 9.91. The Hall–Kier alpha value is -3.35. The molecular formula is C23H27N3O4. The first kappa shape index (κ1) is 21.4. The Labute approximate surface area is 176 Å². The summed E-state index contributed by atoms with van der Waals surface area (Å²) in [6, 6.07) is 12.9. The number of rotatable bonds is 7. The second-order valence-electron chi connectivity index (χ2n) is 7.19. The van der Waals surface area contributed by atoms with E-state index in [9.17, 15) is 14.4 Å². The Kier molecular flexibility index (Phi) is 7.06. The van der Waals surface area contributed by atoms with E-state index >= 15 is 0 Å². The summed E-state index contributed by atoms with van der Waals surface area (Å²) in [6.45, 7) is 3.34. The van der Waals surface area contributed by atoms with Crippen LogP contribution >= 0.6 is 0 Å². The van der Waals surface area contributed by atoms with Crippen LogP contribution in [-0.4, -0.2) is 48.9 Å². The van der Waals surface area contributed by atoms with Crippen molar-refractivity contribution in [3.63, 3.8) is 0 Å². The molecule has 0 unspecified atom stereocenters. The molecule has 30 heavy (non-hydrogen) atoms. The van der Waals surface area contributed by atoms with E-state index in [-0.39, 0.29) is 17.7 Å². The van der Waals surface area contributed by atoms with Crippen molar-refractivity contribution in [3.05, 3.63) is 59.7 Å². The van der Waals surface area contributed by atoms with Crippen LogP contribution < -0.4 is 15.4 Å². The van der Waals surface area contributed by atoms with Gasteiger partial charge in [-0.25, -0.2) is 0 Å². The highest BCUT2D eigenvalue weighted by Crippen LogP contribution is 2.19. The van der Waals surface area contributed by atoms with Crippen molar-refractivity contribution in [2.45, 2.75) is 32.2 Å². The molecule has 0 aromatic heterocycles. The number of hydrogen-bond acceptors (Lipinski definition) is 4.